The Bertz CT molecular complexity index is 949. The number of fused-ring (bicyclic) bond motifs is 1. The third kappa shape index (κ3) is 3.01. The number of piperazine rings is 1. The zero-order chi connectivity index (χ0) is 18.5. The number of nitrogens with zero attached hydrogens (tertiary/aromatic N) is 4. The molecule has 2 aliphatic rings. The van der Waals surface area contributed by atoms with E-state index in [9.17, 15) is 13.2 Å². The number of amides is 1. The second-order valence-electron chi connectivity index (χ2n) is 6.89. The molecule has 1 aromatic carbocycles. The van der Waals surface area contributed by atoms with Gasteiger partial charge in [-0.25, -0.2) is 13.4 Å². The fourth-order valence-corrected chi connectivity index (χ4v) is 5.62. The Morgan fingerprint density at radius 3 is 2.85 bits per heavy atom. The average molecular weight is 375 g/mol. The highest BCUT2D eigenvalue weighted by molar-refractivity contribution is 7.91. The lowest BCUT2D eigenvalue weighted by Crippen LogP contribution is -2.59. The normalized spacial score (nSPS) is 24.5. The summed E-state index contributed by atoms with van der Waals surface area (Å²) in [6, 6.07) is 6.71. The molecule has 0 aliphatic carbocycles. The first kappa shape index (κ1) is 17.2. The van der Waals surface area contributed by atoms with Crippen molar-refractivity contribution in [3.8, 4) is 11.4 Å². The zero-order valence-electron chi connectivity index (χ0n) is 14.7. The summed E-state index contributed by atoms with van der Waals surface area (Å²) in [5.41, 5.74) is 1.29. The van der Waals surface area contributed by atoms with E-state index < -0.39 is 9.84 Å². The van der Waals surface area contributed by atoms with E-state index in [2.05, 4.69) is 15.4 Å². The van der Waals surface area contributed by atoms with Gasteiger partial charge < -0.3 is 10.2 Å². The Labute approximate surface area is 152 Å². The maximum Gasteiger partial charge on any atom is 0.254 e. The molecule has 0 saturated carbocycles. The van der Waals surface area contributed by atoms with Crippen LogP contribution in [0.2, 0.25) is 0 Å². The minimum absolute atomic E-state index is 0.0249. The highest BCUT2D eigenvalue weighted by atomic mass is 32.2. The van der Waals surface area contributed by atoms with Crippen LogP contribution in [0, 0.1) is 6.92 Å². The molecule has 9 heteroatoms. The highest BCUT2D eigenvalue weighted by Crippen LogP contribution is 2.24. The number of carbonyl (C=O) groups excluding carboxylic acids is 1. The first-order valence-electron chi connectivity index (χ1n) is 8.57. The van der Waals surface area contributed by atoms with E-state index in [1.807, 2.05) is 20.0 Å². The van der Waals surface area contributed by atoms with Crippen molar-refractivity contribution in [2.45, 2.75) is 19.0 Å². The number of hydrogen-bond acceptors (Lipinski definition) is 6. The molecule has 0 unspecified atom stereocenters. The van der Waals surface area contributed by atoms with E-state index >= 15 is 0 Å². The first-order chi connectivity index (χ1) is 12.3. The van der Waals surface area contributed by atoms with E-state index in [4.69, 9.17) is 0 Å². The second-order valence-corrected chi connectivity index (χ2v) is 9.04. The second kappa shape index (κ2) is 6.17. The molecule has 2 saturated heterocycles. The minimum Gasteiger partial charge on any atom is -0.332 e. The van der Waals surface area contributed by atoms with Gasteiger partial charge in [0.2, 0.25) is 0 Å². The summed E-state index contributed by atoms with van der Waals surface area (Å²) < 4.78 is 25.6. The van der Waals surface area contributed by atoms with Crippen LogP contribution in [0.15, 0.2) is 24.3 Å². The van der Waals surface area contributed by atoms with E-state index in [1.54, 1.807) is 27.8 Å². The maximum atomic E-state index is 13.1. The van der Waals surface area contributed by atoms with Crippen LogP contribution < -0.4 is 5.32 Å². The number of nitrogens with one attached hydrogen (secondary N) is 1. The molecule has 0 spiro atoms. The summed E-state index contributed by atoms with van der Waals surface area (Å²) in [7, 11) is -1.29. The summed E-state index contributed by atoms with van der Waals surface area (Å²) in [6.45, 7) is 2.97. The Morgan fingerprint density at radius 1 is 1.31 bits per heavy atom. The quantitative estimate of drug-likeness (QED) is 0.794. The van der Waals surface area contributed by atoms with Crippen LogP contribution in [0.25, 0.3) is 11.4 Å². The molecule has 2 atom stereocenters. The topological polar surface area (TPSA) is 97.2 Å². The van der Waals surface area contributed by atoms with E-state index in [1.165, 1.54) is 0 Å². The molecule has 0 radical (unpaired) electrons. The summed E-state index contributed by atoms with van der Waals surface area (Å²) in [5.74, 6) is 1.34. The van der Waals surface area contributed by atoms with Gasteiger partial charge in [-0.05, 0) is 19.1 Å². The van der Waals surface area contributed by atoms with Gasteiger partial charge in [0.1, 0.15) is 5.82 Å². The molecule has 4 rings (SSSR count). The highest BCUT2D eigenvalue weighted by Gasteiger charge is 2.44. The van der Waals surface area contributed by atoms with Crippen LogP contribution in [0.1, 0.15) is 16.2 Å². The van der Waals surface area contributed by atoms with Crippen LogP contribution in [0.5, 0.6) is 0 Å². The molecule has 2 aromatic rings. The summed E-state index contributed by atoms with van der Waals surface area (Å²) in [6.07, 6.45) is 0. The van der Waals surface area contributed by atoms with Crippen molar-refractivity contribution < 1.29 is 13.2 Å². The van der Waals surface area contributed by atoms with Gasteiger partial charge in [0.05, 0.1) is 17.5 Å². The molecule has 138 valence electrons. The molecule has 0 bridgehead atoms. The fourth-order valence-electron chi connectivity index (χ4n) is 3.66. The summed E-state index contributed by atoms with van der Waals surface area (Å²) in [4.78, 5) is 19.2. The molecule has 3 heterocycles. The lowest BCUT2D eigenvalue weighted by Gasteiger charge is -2.37. The standard InChI is InChI=1S/C17H21N5O3S/c1-11-19-16(20-21(11)2)12-4-3-5-13(8-12)17(23)22-7-6-18-14-9-26(24,25)10-15(14)22/h3-5,8,14-15,18H,6-7,9-10H2,1-2H3/t14-,15+/m0/s1. The molecule has 8 nitrogen and oxygen atoms in total. The van der Waals surface area contributed by atoms with Gasteiger partial charge in [-0.2, -0.15) is 5.10 Å². The Kier molecular flexibility index (Phi) is 4.07. The van der Waals surface area contributed by atoms with Crippen molar-refractivity contribution in [2.24, 2.45) is 7.05 Å². The van der Waals surface area contributed by atoms with Gasteiger partial charge in [0.25, 0.3) is 5.91 Å². The summed E-state index contributed by atoms with van der Waals surface area (Å²) >= 11 is 0. The van der Waals surface area contributed by atoms with Crippen molar-refractivity contribution in [3.05, 3.63) is 35.7 Å². The molecule has 1 amide bonds. The SMILES string of the molecule is Cc1nc(-c2cccc(C(=O)N3CCN[C@H]4CS(=O)(=O)C[C@H]43)c2)nn1C. The van der Waals surface area contributed by atoms with Gasteiger partial charge in [-0.1, -0.05) is 12.1 Å². The number of aromatic nitrogens is 3. The number of hydrogen-bond donors (Lipinski definition) is 1. The molecule has 1 aromatic heterocycles. The van der Waals surface area contributed by atoms with Gasteiger partial charge >= 0.3 is 0 Å². The number of carbonyl (C=O) groups is 1. The monoisotopic (exact) mass is 375 g/mol. The lowest BCUT2D eigenvalue weighted by atomic mass is 10.0. The third-order valence-corrected chi connectivity index (χ3v) is 6.81. The van der Waals surface area contributed by atoms with Gasteiger partial charge in [-0.15, -0.1) is 0 Å². The Hall–Kier alpha value is -2.26. The van der Waals surface area contributed by atoms with E-state index in [0.29, 0.717) is 24.5 Å². The fraction of sp³-hybridized carbons (Fsp3) is 0.471. The molecular formula is C17H21N5O3S. The lowest BCUT2D eigenvalue weighted by molar-refractivity contribution is 0.0621. The minimum atomic E-state index is -3.11. The molecule has 26 heavy (non-hydrogen) atoms. The van der Waals surface area contributed by atoms with Crippen molar-refractivity contribution in [3.63, 3.8) is 0 Å². The predicted molar refractivity (Wildman–Crippen MR) is 96.4 cm³/mol. The largest absolute Gasteiger partial charge is 0.332 e. The van der Waals surface area contributed by atoms with Crippen LogP contribution in [-0.4, -0.2) is 70.7 Å². The number of sulfone groups is 1. The number of benzene rings is 1. The van der Waals surface area contributed by atoms with E-state index in [-0.39, 0.29) is 29.5 Å². The maximum absolute atomic E-state index is 13.1. The molecular weight excluding hydrogens is 354 g/mol. The van der Waals surface area contributed by atoms with Crippen LogP contribution >= 0.6 is 0 Å². The Morgan fingerprint density at radius 2 is 2.12 bits per heavy atom. The zero-order valence-corrected chi connectivity index (χ0v) is 15.5. The number of rotatable bonds is 2. The van der Waals surface area contributed by atoms with Crippen LogP contribution in [-0.2, 0) is 16.9 Å². The van der Waals surface area contributed by atoms with Crippen molar-refractivity contribution in [1.29, 1.82) is 0 Å². The van der Waals surface area contributed by atoms with Gasteiger partial charge in [0, 0.05) is 37.3 Å². The predicted octanol–water partition coefficient (Wildman–Crippen LogP) is 0.00152. The molecule has 1 N–H and O–H groups in total. The molecule has 2 aliphatic heterocycles. The van der Waals surface area contributed by atoms with Crippen LogP contribution in [0.4, 0.5) is 0 Å². The van der Waals surface area contributed by atoms with Gasteiger partial charge in [0.15, 0.2) is 15.7 Å². The molecule has 2 fully saturated rings. The Balaban J connectivity index is 1.63. The number of aryl methyl sites for hydroxylation is 2. The van der Waals surface area contributed by atoms with Crippen molar-refractivity contribution >= 4 is 15.7 Å². The smallest absolute Gasteiger partial charge is 0.254 e. The summed E-state index contributed by atoms with van der Waals surface area (Å²) in [5, 5.41) is 7.58. The van der Waals surface area contributed by atoms with E-state index in [0.717, 1.165) is 11.4 Å². The average Bonchev–Trinajstić information content (AvgIpc) is 3.11. The third-order valence-electron chi connectivity index (χ3n) is 5.09. The van der Waals surface area contributed by atoms with Crippen LogP contribution in [0.3, 0.4) is 0 Å². The first-order valence-corrected chi connectivity index (χ1v) is 10.4. The van der Waals surface area contributed by atoms with Gasteiger partial charge in [-0.3, -0.25) is 9.48 Å². The van der Waals surface area contributed by atoms with Crippen molar-refractivity contribution in [1.82, 2.24) is 25.0 Å². The van der Waals surface area contributed by atoms with Crippen molar-refractivity contribution in [2.75, 3.05) is 24.6 Å².